The lowest BCUT2D eigenvalue weighted by Gasteiger charge is -2.18. The summed E-state index contributed by atoms with van der Waals surface area (Å²) in [7, 11) is 2.15. The minimum atomic E-state index is 0.292. The second-order valence-electron chi connectivity index (χ2n) is 7.82. The van der Waals surface area contributed by atoms with Gasteiger partial charge in [0.2, 0.25) is 0 Å². The lowest BCUT2D eigenvalue weighted by molar-refractivity contribution is 0.122. The summed E-state index contributed by atoms with van der Waals surface area (Å²) in [5.41, 5.74) is 3.99. The highest BCUT2D eigenvalue weighted by molar-refractivity contribution is 5.28. The molecule has 3 heteroatoms. The lowest BCUT2D eigenvalue weighted by Crippen LogP contribution is -2.27. The van der Waals surface area contributed by atoms with E-state index in [9.17, 15) is 0 Å². The van der Waals surface area contributed by atoms with Crippen molar-refractivity contribution in [3.05, 3.63) is 35.6 Å². The molecule has 0 radical (unpaired) electrons. The van der Waals surface area contributed by atoms with Crippen LogP contribution >= 0.6 is 0 Å². The SMILES string of the molecule is C=C(/C=C/C(C)=C(/C)NCCCN(C)CCOCC)CC(C)(C)C. The number of likely N-dealkylation sites (N-methyl/N-ethyl adjacent to an activating group) is 1. The highest BCUT2D eigenvalue weighted by Crippen LogP contribution is 2.23. The Kier molecular flexibility index (Phi) is 11.8. The summed E-state index contributed by atoms with van der Waals surface area (Å²) < 4.78 is 5.38. The van der Waals surface area contributed by atoms with E-state index in [0.29, 0.717) is 5.41 Å². The minimum absolute atomic E-state index is 0.292. The Morgan fingerprint density at radius 1 is 1.17 bits per heavy atom. The highest BCUT2D eigenvalue weighted by Gasteiger charge is 2.10. The van der Waals surface area contributed by atoms with Gasteiger partial charge >= 0.3 is 0 Å². The predicted molar refractivity (Wildman–Crippen MR) is 107 cm³/mol. The number of allylic oxidation sites excluding steroid dienone is 5. The summed E-state index contributed by atoms with van der Waals surface area (Å²) in [4.78, 5) is 2.32. The molecule has 0 unspecified atom stereocenters. The maximum Gasteiger partial charge on any atom is 0.0593 e. The molecular weight excluding hydrogens is 296 g/mol. The Hall–Kier alpha value is -1.06. The van der Waals surface area contributed by atoms with Gasteiger partial charge in [-0.05, 0) is 58.2 Å². The molecule has 0 atom stereocenters. The van der Waals surface area contributed by atoms with Crippen LogP contribution in [0.4, 0.5) is 0 Å². The van der Waals surface area contributed by atoms with Crippen LogP contribution in [0, 0.1) is 5.41 Å². The van der Waals surface area contributed by atoms with Crippen LogP contribution in [-0.2, 0) is 4.74 Å². The van der Waals surface area contributed by atoms with E-state index in [4.69, 9.17) is 4.74 Å². The van der Waals surface area contributed by atoms with Crippen molar-refractivity contribution in [3.63, 3.8) is 0 Å². The maximum atomic E-state index is 5.38. The first-order valence-electron chi connectivity index (χ1n) is 9.19. The third kappa shape index (κ3) is 13.4. The predicted octanol–water partition coefficient (Wildman–Crippen LogP) is 4.78. The summed E-state index contributed by atoms with van der Waals surface area (Å²) in [6.45, 7) is 21.9. The molecule has 0 aliphatic rings. The van der Waals surface area contributed by atoms with Crippen LogP contribution in [0.2, 0.25) is 0 Å². The summed E-state index contributed by atoms with van der Waals surface area (Å²) in [5, 5.41) is 3.52. The van der Waals surface area contributed by atoms with E-state index < -0.39 is 0 Å². The third-order valence-electron chi connectivity index (χ3n) is 3.85. The largest absolute Gasteiger partial charge is 0.388 e. The molecule has 0 aromatic heterocycles. The molecule has 140 valence electrons. The van der Waals surface area contributed by atoms with Gasteiger partial charge in [0.05, 0.1) is 6.61 Å². The zero-order valence-electron chi connectivity index (χ0n) is 17.2. The summed E-state index contributed by atoms with van der Waals surface area (Å²) in [6, 6.07) is 0. The van der Waals surface area contributed by atoms with Crippen molar-refractivity contribution >= 4 is 0 Å². The van der Waals surface area contributed by atoms with Crippen molar-refractivity contribution in [1.29, 1.82) is 0 Å². The second-order valence-corrected chi connectivity index (χ2v) is 7.82. The van der Waals surface area contributed by atoms with E-state index in [0.717, 1.165) is 45.7 Å². The van der Waals surface area contributed by atoms with Crippen molar-refractivity contribution in [1.82, 2.24) is 10.2 Å². The van der Waals surface area contributed by atoms with Crippen molar-refractivity contribution in [2.75, 3.05) is 39.9 Å². The number of ether oxygens (including phenoxy) is 1. The molecule has 0 saturated heterocycles. The minimum Gasteiger partial charge on any atom is -0.388 e. The second kappa shape index (κ2) is 12.3. The number of hydrogen-bond acceptors (Lipinski definition) is 3. The van der Waals surface area contributed by atoms with Crippen molar-refractivity contribution < 1.29 is 4.74 Å². The van der Waals surface area contributed by atoms with E-state index in [1.165, 1.54) is 16.8 Å². The fraction of sp³-hybridized carbons (Fsp3) is 0.714. The number of hydrogen-bond donors (Lipinski definition) is 1. The molecule has 0 heterocycles. The van der Waals surface area contributed by atoms with E-state index in [1.54, 1.807) is 0 Å². The van der Waals surface area contributed by atoms with Gasteiger partial charge in [0, 0.05) is 25.4 Å². The van der Waals surface area contributed by atoms with Crippen LogP contribution in [0.5, 0.6) is 0 Å². The zero-order chi connectivity index (χ0) is 18.6. The Bertz CT molecular complexity index is 416. The molecule has 0 aromatic carbocycles. The van der Waals surface area contributed by atoms with Crippen LogP contribution in [-0.4, -0.2) is 44.8 Å². The Balaban J connectivity index is 4.09. The summed E-state index contributed by atoms with van der Waals surface area (Å²) in [6.07, 6.45) is 6.48. The van der Waals surface area contributed by atoms with Crippen LogP contribution in [0.15, 0.2) is 35.6 Å². The molecule has 0 saturated carbocycles. The van der Waals surface area contributed by atoms with Gasteiger partial charge < -0.3 is 15.0 Å². The number of rotatable bonds is 12. The van der Waals surface area contributed by atoms with Gasteiger partial charge in [0.1, 0.15) is 0 Å². The highest BCUT2D eigenvalue weighted by atomic mass is 16.5. The molecule has 0 bridgehead atoms. The molecule has 0 aliphatic heterocycles. The number of nitrogens with one attached hydrogen (secondary N) is 1. The van der Waals surface area contributed by atoms with E-state index in [-0.39, 0.29) is 0 Å². The van der Waals surface area contributed by atoms with Crippen LogP contribution in [0.3, 0.4) is 0 Å². The quantitative estimate of drug-likeness (QED) is 0.410. The van der Waals surface area contributed by atoms with Crippen molar-refractivity contribution in [2.45, 2.75) is 54.4 Å². The summed E-state index contributed by atoms with van der Waals surface area (Å²) >= 11 is 0. The molecule has 3 nitrogen and oxygen atoms in total. The van der Waals surface area contributed by atoms with Crippen LogP contribution in [0.1, 0.15) is 54.4 Å². The summed E-state index contributed by atoms with van der Waals surface area (Å²) in [5.74, 6) is 0. The van der Waals surface area contributed by atoms with Gasteiger partial charge in [0.15, 0.2) is 0 Å². The van der Waals surface area contributed by atoms with Crippen molar-refractivity contribution in [3.8, 4) is 0 Å². The molecular formula is C21H40N2O. The van der Waals surface area contributed by atoms with Gasteiger partial charge in [-0.3, -0.25) is 0 Å². The average Bonchev–Trinajstić information content (AvgIpc) is 2.47. The topological polar surface area (TPSA) is 24.5 Å². The molecule has 0 amide bonds. The molecule has 24 heavy (non-hydrogen) atoms. The molecule has 0 spiro atoms. The Morgan fingerprint density at radius 3 is 2.42 bits per heavy atom. The van der Waals surface area contributed by atoms with Crippen molar-refractivity contribution in [2.24, 2.45) is 5.41 Å². The Labute approximate surface area is 150 Å². The molecule has 0 aliphatic carbocycles. The zero-order valence-corrected chi connectivity index (χ0v) is 17.2. The van der Waals surface area contributed by atoms with Gasteiger partial charge in [-0.1, -0.05) is 45.1 Å². The van der Waals surface area contributed by atoms with Gasteiger partial charge in [-0.15, -0.1) is 0 Å². The first-order chi connectivity index (χ1) is 11.2. The fourth-order valence-corrected chi connectivity index (χ4v) is 2.35. The fourth-order valence-electron chi connectivity index (χ4n) is 2.35. The van der Waals surface area contributed by atoms with Crippen LogP contribution in [0.25, 0.3) is 0 Å². The Morgan fingerprint density at radius 2 is 1.83 bits per heavy atom. The first-order valence-corrected chi connectivity index (χ1v) is 9.19. The smallest absolute Gasteiger partial charge is 0.0593 e. The van der Waals surface area contributed by atoms with Gasteiger partial charge in [-0.25, -0.2) is 0 Å². The average molecular weight is 337 g/mol. The van der Waals surface area contributed by atoms with E-state index >= 15 is 0 Å². The monoisotopic (exact) mass is 336 g/mol. The van der Waals surface area contributed by atoms with E-state index in [1.807, 2.05) is 6.92 Å². The first kappa shape index (κ1) is 22.9. The molecule has 0 fully saturated rings. The standard InChI is InChI=1S/C21H40N2O/c1-9-24-16-15-23(8)14-10-13-22-20(4)19(3)12-11-18(2)17-21(5,6)7/h11-12,22H,2,9-10,13-17H2,1,3-8H3/b12-11+,20-19-. The maximum absolute atomic E-state index is 5.38. The lowest BCUT2D eigenvalue weighted by atomic mass is 9.88. The number of nitrogens with zero attached hydrogens (tertiary/aromatic N) is 1. The van der Waals surface area contributed by atoms with Gasteiger partial charge in [0.25, 0.3) is 0 Å². The van der Waals surface area contributed by atoms with Gasteiger partial charge in [-0.2, -0.15) is 0 Å². The third-order valence-corrected chi connectivity index (χ3v) is 3.85. The van der Waals surface area contributed by atoms with Crippen LogP contribution < -0.4 is 5.32 Å². The molecule has 0 aromatic rings. The van der Waals surface area contributed by atoms with E-state index in [2.05, 4.69) is 70.6 Å². The normalized spacial score (nSPS) is 13.5. The molecule has 1 N–H and O–H groups in total. The molecule has 0 rings (SSSR count).